The third kappa shape index (κ3) is 10.7. The molecule has 0 aliphatic carbocycles. The summed E-state index contributed by atoms with van der Waals surface area (Å²) >= 11 is 0. The Labute approximate surface area is 138 Å². The lowest BCUT2D eigenvalue weighted by atomic mass is 10.0. The van der Waals surface area contributed by atoms with E-state index in [1.807, 2.05) is 0 Å². The monoisotopic (exact) mass is 330 g/mol. The van der Waals surface area contributed by atoms with Crippen LogP contribution in [0, 0.1) is 0 Å². The number of Topliss-reactive ketones (excluding diaryl/α,β-unsaturated/α-hetero) is 1. The summed E-state index contributed by atoms with van der Waals surface area (Å²) in [6.45, 7) is 10.6. The highest BCUT2D eigenvalue weighted by molar-refractivity contribution is 6.36. The number of nitrogens with one attached hydrogen (secondary N) is 1. The van der Waals surface area contributed by atoms with Crippen LogP contribution in [0.5, 0.6) is 0 Å². The number of carbonyl (C=O) groups excluding carboxylic acids is 3. The third-order valence-corrected chi connectivity index (χ3v) is 2.55. The van der Waals surface area contributed by atoms with Crippen LogP contribution in [0.15, 0.2) is 0 Å². The molecule has 7 nitrogen and oxygen atoms in total. The molecule has 0 unspecified atom stereocenters. The van der Waals surface area contributed by atoms with E-state index in [9.17, 15) is 14.4 Å². The van der Waals surface area contributed by atoms with Crippen molar-refractivity contribution in [2.45, 2.75) is 78.0 Å². The summed E-state index contributed by atoms with van der Waals surface area (Å²) in [5, 5.41) is 2.45. The second-order valence-corrected chi connectivity index (χ2v) is 7.35. The van der Waals surface area contributed by atoms with E-state index in [0.29, 0.717) is 25.8 Å². The molecule has 0 rings (SSSR count). The zero-order valence-corrected chi connectivity index (χ0v) is 15.0. The van der Waals surface area contributed by atoms with E-state index < -0.39 is 35.1 Å². The maximum atomic E-state index is 12.2. The number of rotatable bonds is 7. The Kier molecular flexibility index (Phi) is 8.23. The van der Waals surface area contributed by atoms with Gasteiger partial charge in [-0.15, -0.1) is 0 Å². The van der Waals surface area contributed by atoms with Crippen LogP contribution in [0.1, 0.15) is 60.8 Å². The summed E-state index contributed by atoms with van der Waals surface area (Å²) in [6.07, 6.45) is 0.848. The van der Waals surface area contributed by atoms with Crippen LogP contribution in [0.25, 0.3) is 0 Å². The Morgan fingerprint density at radius 2 is 1.48 bits per heavy atom. The van der Waals surface area contributed by atoms with E-state index in [0.717, 1.165) is 0 Å². The number of esters is 1. The van der Waals surface area contributed by atoms with Crippen LogP contribution in [-0.2, 0) is 19.1 Å². The van der Waals surface area contributed by atoms with Gasteiger partial charge in [-0.05, 0) is 67.3 Å². The molecule has 0 aliphatic heterocycles. The Balaban J connectivity index is 4.88. The van der Waals surface area contributed by atoms with Crippen LogP contribution in [0.3, 0.4) is 0 Å². The van der Waals surface area contributed by atoms with Crippen molar-refractivity contribution in [3.63, 3.8) is 0 Å². The second kappa shape index (κ2) is 8.86. The van der Waals surface area contributed by atoms with Gasteiger partial charge in [0.05, 0.1) is 0 Å². The molecule has 0 radical (unpaired) electrons. The summed E-state index contributed by atoms with van der Waals surface area (Å²) in [4.78, 5) is 36.0. The minimum Gasteiger partial charge on any atom is -0.454 e. The zero-order valence-electron chi connectivity index (χ0n) is 15.0. The molecule has 0 bridgehead atoms. The van der Waals surface area contributed by atoms with Crippen LogP contribution in [0.4, 0.5) is 4.79 Å². The molecule has 23 heavy (non-hydrogen) atoms. The molecule has 0 saturated carbocycles. The molecule has 0 heterocycles. The largest absolute Gasteiger partial charge is 0.454 e. The summed E-state index contributed by atoms with van der Waals surface area (Å²) < 4.78 is 10.2. The number of ether oxygens (including phenoxy) is 2. The minimum absolute atomic E-state index is 0.300. The van der Waals surface area contributed by atoms with Crippen LogP contribution in [0.2, 0.25) is 0 Å². The van der Waals surface area contributed by atoms with Gasteiger partial charge >= 0.3 is 12.1 Å². The van der Waals surface area contributed by atoms with Gasteiger partial charge in [0.25, 0.3) is 5.78 Å². The highest BCUT2D eigenvalue weighted by atomic mass is 16.6. The summed E-state index contributed by atoms with van der Waals surface area (Å²) in [7, 11) is 0. The molecule has 0 aromatic carbocycles. The van der Waals surface area contributed by atoms with E-state index in [4.69, 9.17) is 15.2 Å². The molecule has 0 aromatic rings. The lowest BCUT2D eigenvalue weighted by molar-refractivity contribution is -0.163. The fourth-order valence-electron chi connectivity index (χ4n) is 1.68. The van der Waals surface area contributed by atoms with Gasteiger partial charge in [-0.3, -0.25) is 4.79 Å². The topological polar surface area (TPSA) is 108 Å². The van der Waals surface area contributed by atoms with E-state index >= 15 is 0 Å². The van der Waals surface area contributed by atoms with Gasteiger partial charge in [0.1, 0.15) is 17.2 Å². The van der Waals surface area contributed by atoms with Gasteiger partial charge < -0.3 is 20.5 Å². The van der Waals surface area contributed by atoms with E-state index in [1.165, 1.54) is 0 Å². The molecular weight excluding hydrogens is 300 g/mol. The fourth-order valence-corrected chi connectivity index (χ4v) is 1.68. The number of amides is 1. The predicted molar refractivity (Wildman–Crippen MR) is 86.9 cm³/mol. The highest BCUT2D eigenvalue weighted by Gasteiger charge is 2.31. The van der Waals surface area contributed by atoms with Gasteiger partial charge in [-0.2, -0.15) is 0 Å². The quantitative estimate of drug-likeness (QED) is 0.419. The van der Waals surface area contributed by atoms with Crippen molar-refractivity contribution in [2.24, 2.45) is 5.73 Å². The van der Waals surface area contributed by atoms with Crippen molar-refractivity contribution in [1.29, 1.82) is 0 Å². The maximum absolute atomic E-state index is 12.2. The molecule has 0 aromatic heterocycles. The maximum Gasteiger partial charge on any atom is 0.408 e. The van der Waals surface area contributed by atoms with E-state index in [2.05, 4.69) is 5.32 Å². The molecular formula is C16H30N2O5. The van der Waals surface area contributed by atoms with Gasteiger partial charge in [0.2, 0.25) is 0 Å². The molecule has 0 saturated heterocycles. The molecule has 0 fully saturated rings. The summed E-state index contributed by atoms with van der Waals surface area (Å²) in [5.74, 6) is -1.76. The first-order valence-electron chi connectivity index (χ1n) is 7.82. The molecule has 0 aliphatic rings. The number of carbonyl (C=O) groups is 3. The molecule has 1 amide bonds. The fraction of sp³-hybridized carbons (Fsp3) is 0.812. The van der Waals surface area contributed by atoms with Crippen molar-refractivity contribution in [3.05, 3.63) is 0 Å². The van der Waals surface area contributed by atoms with Crippen molar-refractivity contribution in [3.8, 4) is 0 Å². The van der Waals surface area contributed by atoms with Crippen molar-refractivity contribution < 1.29 is 23.9 Å². The number of alkyl carbamates (subject to hydrolysis) is 1. The molecule has 7 heteroatoms. The molecule has 0 spiro atoms. The Bertz CT molecular complexity index is 421. The average molecular weight is 330 g/mol. The first kappa shape index (κ1) is 21.4. The number of hydrogen-bond donors (Lipinski definition) is 2. The summed E-state index contributed by atoms with van der Waals surface area (Å²) in [6, 6.07) is -0.980. The van der Waals surface area contributed by atoms with Gasteiger partial charge in [0, 0.05) is 0 Å². The minimum atomic E-state index is -0.980. The zero-order chi connectivity index (χ0) is 18.3. The molecule has 134 valence electrons. The van der Waals surface area contributed by atoms with Gasteiger partial charge in [0.15, 0.2) is 0 Å². The lowest BCUT2D eigenvalue weighted by Gasteiger charge is -2.24. The Hall–Kier alpha value is -1.63. The van der Waals surface area contributed by atoms with Crippen molar-refractivity contribution in [1.82, 2.24) is 5.32 Å². The number of ketones is 1. The van der Waals surface area contributed by atoms with Crippen LogP contribution >= 0.6 is 0 Å². The van der Waals surface area contributed by atoms with Crippen molar-refractivity contribution >= 4 is 17.8 Å². The first-order valence-corrected chi connectivity index (χ1v) is 7.82. The van der Waals surface area contributed by atoms with Crippen LogP contribution in [-0.4, -0.2) is 41.6 Å². The third-order valence-electron chi connectivity index (χ3n) is 2.55. The lowest BCUT2D eigenvalue weighted by Crippen LogP contribution is -2.47. The van der Waals surface area contributed by atoms with Crippen molar-refractivity contribution in [2.75, 3.05) is 6.54 Å². The predicted octanol–water partition coefficient (Wildman–Crippen LogP) is 1.92. The SMILES string of the molecule is CC(C)(C)OC(=O)N[C@@H](CCCCN)C(=O)C(=O)OC(C)(C)C. The normalized spacial score (nSPS) is 13.2. The van der Waals surface area contributed by atoms with Gasteiger partial charge in [-0.25, -0.2) is 9.59 Å². The first-order chi connectivity index (χ1) is 10.4. The Morgan fingerprint density at radius 3 is 1.91 bits per heavy atom. The van der Waals surface area contributed by atoms with E-state index in [1.54, 1.807) is 41.5 Å². The molecule has 3 N–H and O–H groups in total. The number of unbranched alkanes of at least 4 members (excludes halogenated alkanes) is 1. The number of nitrogens with two attached hydrogens (primary N) is 1. The van der Waals surface area contributed by atoms with Gasteiger partial charge in [-0.1, -0.05) is 0 Å². The number of hydrogen-bond acceptors (Lipinski definition) is 6. The smallest absolute Gasteiger partial charge is 0.408 e. The second-order valence-electron chi connectivity index (χ2n) is 7.35. The Morgan fingerprint density at radius 1 is 0.957 bits per heavy atom. The molecule has 1 atom stereocenters. The summed E-state index contributed by atoms with van der Waals surface area (Å²) in [5.41, 5.74) is 3.96. The standard InChI is InChI=1S/C16H30N2O5/c1-15(2,3)22-13(20)12(19)11(9-7-8-10-17)18-14(21)23-16(4,5)6/h11H,7-10,17H2,1-6H3,(H,18,21)/t11-/m0/s1. The average Bonchev–Trinajstić information content (AvgIpc) is 2.32. The highest BCUT2D eigenvalue weighted by Crippen LogP contribution is 2.11. The van der Waals surface area contributed by atoms with Crippen LogP contribution < -0.4 is 11.1 Å². The van der Waals surface area contributed by atoms with E-state index in [-0.39, 0.29) is 0 Å².